The van der Waals surface area contributed by atoms with Crippen LogP contribution in [-0.2, 0) is 43.7 Å². The smallest absolute Gasteiger partial charge is 0.303 e. The second kappa shape index (κ2) is 13.1. The van der Waals surface area contributed by atoms with Crippen molar-refractivity contribution in [3.8, 4) is 0 Å². The van der Waals surface area contributed by atoms with Crippen molar-refractivity contribution in [2.24, 2.45) is 0 Å². The Morgan fingerprint density at radius 3 is 1.43 bits per heavy atom. The number of rotatable bonds is 9. The molecule has 5 atom stereocenters. The maximum atomic E-state index is 12.2. The molecule has 1 saturated heterocycles. The summed E-state index contributed by atoms with van der Waals surface area (Å²) in [6, 6.07) is 29.2. The molecule has 1 fully saturated rings. The zero-order valence-electron chi connectivity index (χ0n) is 22.5. The van der Waals surface area contributed by atoms with Gasteiger partial charge < -0.3 is 23.7 Å². The minimum absolute atomic E-state index is 0.0990. The van der Waals surface area contributed by atoms with Gasteiger partial charge in [-0.1, -0.05) is 91.0 Å². The number of hydrogen-bond donors (Lipinski definition) is 1. The van der Waals surface area contributed by atoms with Gasteiger partial charge in [0, 0.05) is 20.8 Å². The Balaban J connectivity index is 1.79. The van der Waals surface area contributed by atoms with E-state index in [4.69, 9.17) is 23.7 Å². The molecule has 0 bridgehead atoms. The van der Waals surface area contributed by atoms with E-state index in [-0.39, 0.29) is 6.61 Å². The molecule has 0 spiro atoms. The molecule has 0 aromatic heterocycles. The molecule has 40 heavy (non-hydrogen) atoms. The molecular formula is C31H32O8S. The molecule has 0 N–H and O–H groups in total. The molecule has 4 rings (SSSR count). The summed E-state index contributed by atoms with van der Waals surface area (Å²) in [6.07, 6.45) is -4.37. The van der Waals surface area contributed by atoms with Crippen molar-refractivity contribution in [3.63, 3.8) is 0 Å². The first-order valence-electron chi connectivity index (χ1n) is 12.9. The Morgan fingerprint density at radius 1 is 0.650 bits per heavy atom. The van der Waals surface area contributed by atoms with Gasteiger partial charge >= 0.3 is 17.9 Å². The van der Waals surface area contributed by atoms with Gasteiger partial charge in [-0.15, -0.1) is 12.6 Å². The molecule has 0 unspecified atom stereocenters. The van der Waals surface area contributed by atoms with E-state index < -0.39 is 53.4 Å². The van der Waals surface area contributed by atoms with Crippen molar-refractivity contribution in [1.29, 1.82) is 0 Å². The molecular weight excluding hydrogens is 532 g/mol. The highest BCUT2D eigenvalue weighted by Crippen LogP contribution is 2.41. The van der Waals surface area contributed by atoms with Crippen LogP contribution in [0.1, 0.15) is 37.5 Å². The summed E-state index contributed by atoms with van der Waals surface area (Å²) >= 11 is 4.49. The molecule has 3 aromatic carbocycles. The normalized spacial score (nSPS) is 22.6. The monoisotopic (exact) mass is 564 g/mol. The van der Waals surface area contributed by atoms with E-state index in [1.54, 1.807) is 0 Å². The second-order valence-corrected chi connectivity index (χ2v) is 9.89. The molecule has 0 amide bonds. The lowest BCUT2D eigenvalue weighted by atomic mass is 9.80. The van der Waals surface area contributed by atoms with Crippen molar-refractivity contribution in [3.05, 3.63) is 108 Å². The van der Waals surface area contributed by atoms with Crippen LogP contribution >= 0.6 is 12.6 Å². The third-order valence-corrected chi connectivity index (χ3v) is 6.94. The average molecular weight is 565 g/mol. The van der Waals surface area contributed by atoms with Crippen molar-refractivity contribution >= 4 is 30.5 Å². The molecule has 0 radical (unpaired) electrons. The van der Waals surface area contributed by atoms with Crippen LogP contribution in [0.2, 0.25) is 0 Å². The fourth-order valence-corrected chi connectivity index (χ4v) is 5.37. The molecule has 0 saturated carbocycles. The molecule has 1 aliphatic heterocycles. The first-order valence-corrected chi connectivity index (χ1v) is 13.4. The van der Waals surface area contributed by atoms with E-state index in [1.165, 1.54) is 20.8 Å². The van der Waals surface area contributed by atoms with E-state index >= 15 is 0 Å². The first-order chi connectivity index (χ1) is 19.2. The van der Waals surface area contributed by atoms with Crippen molar-refractivity contribution in [2.45, 2.75) is 56.2 Å². The summed E-state index contributed by atoms with van der Waals surface area (Å²) in [7, 11) is 0. The van der Waals surface area contributed by atoms with Crippen LogP contribution in [0.15, 0.2) is 91.0 Å². The van der Waals surface area contributed by atoms with E-state index in [0.29, 0.717) is 0 Å². The Bertz CT molecular complexity index is 1190. The number of hydrogen-bond acceptors (Lipinski definition) is 9. The number of benzene rings is 3. The van der Waals surface area contributed by atoms with E-state index in [2.05, 4.69) is 12.6 Å². The summed E-state index contributed by atoms with van der Waals surface area (Å²) in [6.45, 7) is 3.57. The van der Waals surface area contributed by atoms with Gasteiger partial charge in [-0.05, 0) is 16.7 Å². The zero-order chi connectivity index (χ0) is 28.7. The van der Waals surface area contributed by atoms with Crippen LogP contribution in [0.3, 0.4) is 0 Å². The molecule has 3 aromatic rings. The number of ether oxygens (including phenoxy) is 5. The van der Waals surface area contributed by atoms with Gasteiger partial charge in [0.25, 0.3) is 0 Å². The van der Waals surface area contributed by atoms with Gasteiger partial charge in [0.2, 0.25) is 0 Å². The number of carbonyl (C=O) groups excluding carboxylic acids is 3. The quantitative estimate of drug-likeness (QED) is 0.176. The third kappa shape index (κ3) is 6.55. The zero-order valence-corrected chi connectivity index (χ0v) is 23.4. The second-order valence-electron chi connectivity index (χ2n) is 9.38. The largest absolute Gasteiger partial charge is 0.456 e. The predicted molar refractivity (Wildman–Crippen MR) is 149 cm³/mol. The molecule has 1 heterocycles. The standard InChI is InChI=1S/C31H32O8S/c1-20(32)36-27-26(39-30(40)29(38-22(3)34)28(27)37-21(2)33)19-35-31(23-13-7-4-8-14-23,24-15-9-5-10-16-24)25-17-11-6-12-18-25/h4-18,26-30,40H,19H2,1-3H3/t26-,27-,28+,29-,30-/m1/s1. The van der Waals surface area contributed by atoms with Crippen LogP contribution in [0.5, 0.6) is 0 Å². The van der Waals surface area contributed by atoms with Crippen LogP contribution in [-0.4, -0.2) is 54.4 Å². The summed E-state index contributed by atoms with van der Waals surface area (Å²) < 4.78 is 29.5. The molecule has 9 heteroatoms. The van der Waals surface area contributed by atoms with Gasteiger partial charge in [0.15, 0.2) is 18.3 Å². The molecule has 1 aliphatic rings. The topological polar surface area (TPSA) is 97.4 Å². The van der Waals surface area contributed by atoms with Crippen molar-refractivity contribution < 1.29 is 38.1 Å². The fraction of sp³-hybridized carbons (Fsp3) is 0.323. The van der Waals surface area contributed by atoms with Gasteiger partial charge in [-0.2, -0.15) is 0 Å². The highest BCUT2D eigenvalue weighted by Gasteiger charge is 2.51. The van der Waals surface area contributed by atoms with Crippen molar-refractivity contribution in [2.75, 3.05) is 6.61 Å². The number of esters is 3. The Hall–Kier alpha value is -3.66. The summed E-state index contributed by atoms with van der Waals surface area (Å²) in [4.78, 5) is 36.1. The Morgan fingerprint density at radius 2 is 1.02 bits per heavy atom. The van der Waals surface area contributed by atoms with E-state index in [0.717, 1.165) is 16.7 Å². The Labute approximate surface area is 238 Å². The molecule has 210 valence electrons. The lowest BCUT2D eigenvalue weighted by molar-refractivity contribution is -0.241. The molecule has 0 aliphatic carbocycles. The average Bonchev–Trinajstić information content (AvgIpc) is 2.94. The first kappa shape index (κ1) is 29.3. The number of thiol groups is 1. The minimum atomic E-state index is -1.17. The van der Waals surface area contributed by atoms with Crippen LogP contribution in [0.25, 0.3) is 0 Å². The third-order valence-electron chi connectivity index (χ3n) is 6.52. The lowest BCUT2D eigenvalue weighted by Gasteiger charge is -2.44. The van der Waals surface area contributed by atoms with Gasteiger partial charge in [-0.25, -0.2) is 0 Å². The highest BCUT2D eigenvalue weighted by molar-refractivity contribution is 7.80. The van der Waals surface area contributed by atoms with Gasteiger partial charge in [-0.3, -0.25) is 14.4 Å². The lowest BCUT2D eigenvalue weighted by Crippen LogP contribution is -2.61. The highest BCUT2D eigenvalue weighted by atomic mass is 32.1. The van der Waals surface area contributed by atoms with Crippen LogP contribution in [0, 0.1) is 0 Å². The van der Waals surface area contributed by atoms with Crippen LogP contribution in [0.4, 0.5) is 0 Å². The van der Waals surface area contributed by atoms with Crippen LogP contribution < -0.4 is 0 Å². The van der Waals surface area contributed by atoms with Gasteiger partial charge in [0.05, 0.1) is 6.61 Å². The maximum absolute atomic E-state index is 12.2. The predicted octanol–water partition coefficient (Wildman–Crippen LogP) is 4.44. The van der Waals surface area contributed by atoms with Crippen molar-refractivity contribution in [1.82, 2.24) is 0 Å². The summed E-state index contributed by atoms with van der Waals surface area (Å²) in [5.41, 5.74) is 0.522. The minimum Gasteiger partial charge on any atom is -0.456 e. The SMILES string of the molecule is CC(=O)O[C@@H]1[C@@H](OC(C)=O)[C@@H](S)O[C@H](COC(c2ccccc2)(c2ccccc2)c2ccccc2)[C@H]1OC(C)=O. The summed E-state index contributed by atoms with van der Waals surface area (Å²) in [5, 5.41) is 0. The number of carbonyl (C=O) groups is 3. The van der Waals surface area contributed by atoms with Gasteiger partial charge in [0.1, 0.15) is 17.1 Å². The van der Waals surface area contributed by atoms with E-state index in [9.17, 15) is 14.4 Å². The summed E-state index contributed by atoms with van der Waals surface area (Å²) in [5.74, 6) is -1.90. The fourth-order valence-electron chi connectivity index (χ4n) is 4.98. The maximum Gasteiger partial charge on any atom is 0.303 e. The molecule has 8 nitrogen and oxygen atoms in total. The van der Waals surface area contributed by atoms with E-state index in [1.807, 2.05) is 91.0 Å². The Kier molecular flexibility index (Phi) is 9.63.